The number of halogens is 1. The van der Waals surface area contributed by atoms with Gasteiger partial charge >= 0.3 is 12.0 Å². The van der Waals surface area contributed by atoms with Gasteiger partial charge in [-0.05, 0) is 24.6 Å². The Bertz CT molecular complexity index is 524. The molecule has 1 fully saturated rings. The van der Waals surface area contributed by atoms with Crippen molar-refractivity contribution in [3.63, 3.8) is 0 Å². The molecule has 2 rings (SSSR count). The predicted molar refractivity (Wildman–Crippen MR) is 70.7 cm³/mol. The van der Waals surface area contributed by atoms with Crippen LogP contribution in [0.15, 0.2) is 18.2 Å². The average molecular weight is 284 g/mol. The molecule has 1 aromatic carbocycles. The summed E-state index contributed by atoms with van der Waals surface area (Å²) in [5, 5.41) is 11.6. The Labute approximate surface area is 113 Å². The number of aliphatic carboxylic acids is 1. The first-order valence-electron chi connectivity index (χ1n) is 5.63. The number of carbonyl (C=O) groups excluding carboxylic acids is 1. The van der Waals surface area contributed by atoms with Gasteiger partial charge in [-0.1, -0.05) is 6.07 Å². The molecule has 0 aliphatic carbocycles. The van der Waals surface area contributed by atoms with E-state index in [-0.39, 0.29) is 0 Å². The van der Waals surface area contributed by atoms with Crippen molar-refractivity contribution >= 4 is 29.4 Å². The first kappa shape index (κ1) is 13.7. The van der Waals surface area contributed by atoms with E-state index < -0.39 is 23.9 Å². The predicted octanol–water partition coefficient (Wildman–Crippen LogP) is 2.13. The molecule has 0 aromatic heterocycles. The standard InChI is InChI=1S/C12H13FN2O3S/c1-7-2-3-8(13)4-9(7)14-12(18)15-6-19-5-10(15)11(16)17/h2-4,10H,5-6H2,1H3,(H,14,18)(H,16,17)/t10-/m0/s1. The minimum Gasteiger partial charge on any atom is -0.480 e. The molecule has 0 spiro atoms. The third-order valence-electron chi connectivity index (χ3n) is 2.87. The van der Waals surface area contributed by atoms with E-state index in [1.165, 1.54) is 28.8 Å². The molecule has 1 aromatic rings. The van der Waals surface area contributed by atoms with Gasteiger partial charge < -0.3 is 15.3 Å². The number of benzene rings is 1. The summed E-state index contributed by atoms with van der Waals surface area (Å²) in [6.45, 7) is 1.74. The van der Waals surface area contributed by atoms with E-state index in [9.17, 15) is 14.0 Å². The van der Waals surface area contributed by atoms with Crippen LogP contribution in [-0.2, 0) is 4.79 Å². The lowest BCUT2D eigenvalue weighted by Crippen LogP contribution is -2.44. The van der Waals surface area contributed by atoms with E-state index >= 15 is 0 Å². The molecule has 0 unspecified atom stereocenters. The number of carboxylic acid groups (broad SMARTS) is 1. The second-order valence-corrected chi connectivity index (χ2v) is 5.21. The van der Waals surface area contributed by atoms with Crippen molar-refractivity contribution in [3.8, 4) is 0 Å². The van der Waals surface area contributed by atoms with Crippen LogP contribution < -0.4 is 5.32 Å². The van der Waals surface area contributed by atoms with Crippen LogP contribution in [-0.4, -0.2) is 39.7 Å². The largest absolute Gasteiger partial charge is 0.480 e. The molecular weight excluding hydrogens is 271 g/mol. The molecule has 1 saturated heterocycles. The Balaban J connectivity index is 2.12. The number of hydrogen-bond donors (Lipinski definition) is 2. The zero-order chi connectivity index (χ0) is 14.0. The minimum atomic E-state index is -1.03. The highest BCUT2D eigenvalue weighted by molar-refractivity contribution is 7.99. The van der Waals surface area contributed by atoms with Crippen molar-refractivity contribution in [2.75, 3.05) is 16.9 Å². The topological polar surface area (TPSA) is 69.6 Å². The zero-order valence-corrected chi connectivity index (χ0v) is 11.0. The lowest BCUT2D eigenvalue weighted by Gasteiger charge is -2.21. The highest BCUT2D eigenvalue weighted by atomic mass is 32.2. The van der Waals surface area contributed by atoms with Gasteiger partial charge in [-0.2, -0.15) is 0 Å². The van der Waals surface area contributed by atoms with Gasteiger partial charge in [0.2, 0.25) is 0 Å². The first-order chi connectivity index (χ1) is 8.99. The summed E-state index contributed by atoms with van der Waals surface area (Å²) in [4.78, 5) is 24.2. The number of anilines is 1. The smallest absolute Gasteiger partial charge is 0.327 e. The molecule has 2 amide bonds. The highest BCUT2D eigenvalue weighted by Gasteiger charge is 2.34. The maximum absolute atomic E-state index is 13.1. The molecule has 0 radical (unpaired) electrons. The van der Waals surface area contributed by atoms with Crippen LogP contribution in [0.3, 0.4) is 0 Å². The molecule has 7 heteroatoms. The summed E-state index contributed by atoms with van der Waals surface area (Å²) in [6.07, 6.45) is 0. The Morgan fingerprint density at radius 2 is 2.26 bits per heavy atom. The van der Waals surface area contributed by atoms with Gasteiger partial charge in [-0.3, -0.25) is 0 Å². The zero-order valence-electron chi connectivity index (χ0n) is 10.2. The van der Waals surface area contributed by atoms with Gasteiger partial charge in [-0.25, -0.2) is 14.0 Å². The van der Waals surface area contributed by atoms with Gasteiger partial charge in [0.1, 0.15) is 11.9 Å². The average Bonchev–Trinajstić information content (AvgIpc) is 2.83. The lowest BCUT2D eigenvalue weighted by atomic mass is 10.2. The van der Waals surface area contributed by atoms with Crippen molar-refractivity contribution in [1.82, 2.24) is 4.90 Å². The summed E-state index contributed by atoms with van der Waals surface area (Å²) in [7, 11) is 0. The van der Waals surface area contributed by atoms with Crippen LogP contribution in [0.25, 0.3) is 0 Å². The number of rotatable bonds is 2. The number of hydrogen-bond acceptors (Lipinski definition) is 3. The minimum absolute atomic E-state index is 0.317. The molecule has 19 heavy (non-hydrogen) atoms. The number of aryl methyl sites for hydroxylation is 1. The SMILES string of the molecule is Cc1ccc(F)cc1NC(=O)N1CSC[C@H]1C(=O)O. The van der Waals surface area contributed by atoms with Crippen molar-refractivity contribution < 1.29 is 19.1 Å². The van der Waals surface area contributed by atoms with Gasteiger partial charge in [0.15, 0.2) is 0 Å². The van der Waals surface area contributed by atoms with Crippen molar-refractivity contribution in [2.45, 2.75) is 13.0 Å². The number of carbonyl (C=O) groups is 2. The summed E-state index contributed by atoms with van der Waals surface area (Å²) in [5.41, 5.74) is 1.07. The Hall–Kier alpha value is -1.76. The number of nitrogens with one attached hydrogen (secondary N) is 1. The van der Waals surface area contributed by atoms with E-state index in [2.05, 4.69) is 5.32 Å². The third-order valence-corrected chi connectivity index (χ3v) is 3.88. The second-order valence-electron chi connectivity index (χ2n) is 4.21. The van der Waals surface area contributed by atoms with Gasteiger partial charge in [-0.15, -0.1) is 11.8 Å². The number of thioether (sulfide) groups is 1. The van der Waals surface area contributed by atoms with E-state index in [4.69, 9.17) is 5.11 Å². The number of nitrogens with zero attached hydrogens (tertiary/aromatic N) is 1. The van der Waals surface area contributed by atoms with Crippen molar-refractivity contribution in [2.24, 2.45) is 0 Å². The summed E-state index contributed by atoms with van der Waals surface area (Å²) in [5.74, 6) is -0.801. The third kappa shape index (κ3) is 2.98. The van der Waals surface area contributed by atoms with Crippen LogP contribution in [0.2, 0.25) is 0 Å². The first-order valence-corrected chi connectivity index (χ1v) is 6.79. The molecule has 5 nitrogen and oxygen atoms in total. The number of urea groups is 1. The Kier molecular flexibility index (Phi) is 3.94. The van der Waals surface area contributed by atoms with Crippen LogP contribution in [0.1, 0.15) is 5.56 Å². The van der Waals surface area contributed by atoms with Gasteiger partial charge in [0.05, 0.1) is 5.88 Å². The van der Waals surface area contributed by atoms with E-state index in [1.54, 1.807) is 13.0 Å². The molecule has 2 N–H and O–H groups in total. The normalized spacial score (nSPS) is 18.4. The van der Waals surface area contributed by atoms with Crippen LogP contribution >= 0.6 is 11.8 Å². The number of carboxylic acids is 1. The van der Waals surface area contributed by atoms with Gasteiger partial charge in [0.25, 0.3) is 0 Å². The highest BCUT2D eigenvalue weighted by Crippen LogP contribution is 2.23. The molecule has 1 aliphatic heterocycles. The van der Waals surface area contributed by atoms with Crippen molar-refractivity contribution in [3.05, 3.63) is 29.6 Å². The fourth-order valence-corrected chi connectivity index (χ4v) is 2.91. The Morgan fingerprint density at radius 3 is 2.95 bits per heavy atom. The van der Waals surface area contributed by atoms with E-state index in [0.717, 1.165) is 0 Å². The summed E-state index contributed by atoms with van der Waals surface area (Å²) >= 11 is 1.38. The lowest BCUT2D eigenvalue weighted by molar-refractivity contribution is -0.140. The van der Waals surface area contributed by atoms with Crippen LogP contribution in [0.5, 0.6) is 0 Å². The fourth-order valence-electron chi connectivity index (χ4n) is 1.76. The number of amides is 2. The summed E-state index contributed by atoms with van der Waals surface area (Å²) in [6, 6.07) is 2.71. The molecule has 1 heterocycles. The second kappa shape index (κ2) is 5.48. The summed E-state index contributed by atoms with van der Waals surface area (Å²) < 4.78 is 13.1. The molecule has 1 atom stereocenters. The quantitative estimate of drug-likeness (QED) is 0.873. The fraction of sp³-hybridized carbons (Fsp3) is 0.333. The van der Waals surface area contributed by atoms with Crippen LogP contribution in [0, 0.1) is 12.7 Å². The van der Waals surface area contributed by atoms with Gasteiger partial charge in [0, 0.05) is 11.4 Å². The molecule has 0 bridgehead atoms. The molecule has 102 valence electrons. The maximum atomic E-state index is 13.1. The Morgan fingerprint density at radius 1 is 1.53 bits per heavy atom. The monoisotopic (exact) mass is 284 g/mol. The van der Waals surface area contributed by atoms with E-state index in [0.29, 0.717) is 22.9 Å². The maximum Gasteiger partial charge on any atom is 0.327 e. The molecule has 0 saturated carbocycles. The van der Waals surface area contributed by atoms with E-state index in [1.807, 2.05) is 0 Å². The van der Waals surface area contributed by atoms with Crippen molar-refractivity contribution in [1.29, 1.82) is 0 Å². The molecular formula is C12H13FN2O3S. The van der Waals surface area contributed by atoms with Crippen LogP contribution in [0.4, 0.5) is 14.9 Å². The molecule has 1 aliphatic rings.